The van der Waals surface area contributed by atoms with Crippen molar-refractivity contribution < 1.29 is 9.13 Å². The van der Waals surface area contributed by atoms with Crippen molar-refractivity contribution in [1.29, 1.82) is 0 Å². The smallest absolute Gasteiger partial charge is 0.123 e. The maximum Gasteiger partial charge on any atom is 0.123 e. The van der Waals surface area contributed by atoms with Gasteiger partial charge in [0.05, 0.1) is 7.11 Å². The summed E-state index contributed by atoms with van der Waals surface area (Å²) < 4.78 is 18.4. The second-order valence-corrected chi connectivity index (χ2v) is 4.85. The van der Waals surface area contributed by atoms with E-state index in [4.69, 9.17) is 4.74 Å². The zero-order valence-electron chi connectivity index (χ0n) is 11.9. The molecule has 0 heterocycles. The Bertz CT molecular complexity index is 569. The number of hydrogen-bond acceptors (Lipinski definition) is 2. The SMILES string of the molecule is COc1cccc(CCNCc2cc(F)ccc2C)c1. The van der Waals surface area contributed by atoms with Crippen molar-refractivity contribution in [3.63, 3.8) is 0 Å². The molecule has 0 bridgehead atoms. The van der Waals surface area contributed by atoms with Gasteiger partial charge >= 0.3 is 0 Å². The fourth-order valence-electron chi connectivity index (χ4n) is 2.11. The maximum absolute atomic E-state index is 13.2. The summed E-state index contributed by atoms with van der Waals surface area (Å²) in [6.45, 7) is 3.54. The van der Waals surface area contributed by atoms with Gasteiger partial charge in [0, 0.05) is 6.54 Å². The molecule has 1 N–H and O–H groups in total. The number of rotatable bonds is 6. The van der Waals surface area contributed by atoms with Gasteiger partial charge in [0.2, 0.25) is 0 Å². The molecular weight excluding hydrogens is 253 g/mol. The molecule has 0 aliphatic carbocycles. The molecule has 0 aliphatic rings. The van der Waals surface area contributed by atoms with Crippen LogP contribution in [0.1, 0.15) is 16.7 Å². The molecule has 2 aromatic rings. The van der Waals surface area contributed by atoms with Gasteiger partial charge < -0.3 is 10.1 Å². The fourth-order valence-corrected chi connectivity index (χ4v) is 2.11. The van der Waals surface area contributed by atoms with Crippen molar-refractivity contribution in [2.45, 2.75) is 19.9 Å². The lowest BCUT2D eigenvalue weighted by atomic mass is 10.1. The molecule has 0 amide bonds. The number of halogens is 1. The van der Waals surface area contributed by atoms with Crippen molar-refractivity contribution >= 4 is 0 Å². The minimum atomic E-state index is -0.180. The van der Waals surface area contributed by atoms with Crippen molar-refractivity contribution in [2.75, 3.05) is 13.7 Å². The molecule has 20 heavy (non-hydrogen) atoms. The van der Waals surface area contributed by atoms with Crippen LogP contribution in [0.2, 0.25) is 0 Å². The van der Waals surface area contributed by atoms with E-state index in [9.17, 15) is 4.39 Å². The summed E-state index contributed by atoms with van der Waals surface area (Å²) in [6.07, 6.45) is 0.922. The molecule has 0 saturated heterocycles. The predicted octanol–water partition coefficient (Wildman–Crippen LogP) is 3.48. The van der Waals surface area contributed by atoms with Crippen LogP contribution in [-0.4, -0.2) is 13.7 Å². The van der Waals surface area contributed by atoms with E-state index in [1.165, 1.54) is 11.6 Å². The third-order valence-corrected chi connectivity index (χ3v) is 3.35. The normalized spacial score (nSPS) is 10.6. The Balaban J connectivity index is 1.82. The summed E-state index contributed by atoms with van der Waals surface area (Å²) in [5.74, 6) is 0.698. The number of methoxy groups -OCH3 is 1. The largest absolute Gasteiger partial charge is 0.497 e. The monoisotopic (exact) mass is 273 g/mol. The average molecular weight is 273 g/mol. The minimum absolute atomic E-state index is 0.180. The van der Waals surface area contributed by atoms with Gasteiger partial charge in [-0.25, -0.2) is 4.39 Å². The highest BCUT2D eigenvalue weighted by Crippen LogP contribution is 2.13. The Morgan fingerprint density at radius 3 is 2.80 bits per heavy atom. The molecule has 0 atom stereocenters. The van der Waals surface area contributed by atoms with E-state index in [1.807, 2.05) is 31.2 Å². The van der Waals surface area contributed by atoms with Gasteiger partial charge in [0.15, 0.2) is 0 Å². The van der Waals surface area contributed by atoms with E-state index in [2.05, 4.69) is 11.4 Å². The van der Waals surface area contributed by atoms with Crippen LogP contribution in [0.15, 0.2) is 42.5 Å². The Morgan fingerprint density at radius 1 is 1.15 bits per heavy atom. The van der Waals surface area contributed by atoms with E-state index in [-0.39, 0.29) is 5.82 Å². The van der Waals surface area contributed by atoms with Crippen LogP contribution in [0.3, 0.4) is 0 Å². The molecule has 0 radical (unpaired) electrons. The second kappa shape index (κ2) is 7.06. The lowest BCUT2D eigenvalue weighted by Gasteiger charge is -2.09. The first kappa shape index (κ1) is 14.5. The molecule has 0 aliphatic heterocycles. The van der Waals surface area contributed by atoms with E-state index >= 15 is 0 Å². The van der Waals surface area contributed by atoms with Crippen LogP contribution >= 0.6 is 0 Å². The fraction of sp³-hybridized carbons (Fsp3) is 0.294. The summed E-state index contributed by atoms with van der Waals surface area (Å²) in [6, 6.07) is 12.9. The highest BCUT2D eigenvalue weighted by Gasteiger charge is 2.00. The number of ether oxygens (including phenoxy) is 1. The Kier molecular flexibility index (Phi) is 5.13. The van der Waals surface area contributed by atoms with E-state index in [0.29, 0.717) is 6.54 Å². The Morgan fingerprint density at radius 2 is 2.00 bits per heavy atom. The number of hydrogen-bond donors (Lipinski definition) is 1. The average Bonchev–Trinajstić information content (AvgIpc) is 2.47. The third-order valence-electron chi connectivity index (χ3n) is 3.35. The topological polar surface area (TPSA) is 21.3 Å². The van der Waals surface area contributed by atoms with E-state index in [0.717, 1.165) is 29.8 Å². The van der Waals surface area contributed by atoms with Gasteiger partial charge in [-0.2, -0.15) is 0 Å². The van der Waals surface area contributed by atoms with Crippen LogP contribution in [-0.2, 0) is 13.0 Å². The standard InChI is InChI=1S/C17H20FNO/c1-13-6-7-16(18)11-15(13)12-19-9-8-14-4-3-5-17(10-14)20-2/h3-7,10-11,19H,8-9,12H2,1-2H3. The molecule has 2 aromatic carbocycles. The van der Waals surface area contributed by atoms with Crippen molar-refractivity contribution in [3.8, 4) is 5.75 Å². The molecular formula is C17H20FNO. The molecule has 0 aromatic heterocycles. The predicted molar refractivity (Wildman–Crippen MR) is 79.5 cm³/mol. The Labute approximate surface area is 119 Å². The molecule has 2 nitrogen and oxygen atoms in total. The summed E-state index contributed by atoms with van der Waals surface area (Å²) in [4.78, 5) is 0. The number of aryl methyl sites for hydroxylation is 1. The van der Waals surface area contributed by atoms with Gasteiger partial charge in [0.1, 0.15) is 11.6 Å². The van der Waals surface area contributed by atoms with Crippen molar-refractivity contribution in [3.05, 3.63) is 65.0 Å². The molecule has 0 spiro atoms. The first-order chi connectivity index (χ1) is 9.69. The lowest BCUT2D eigenvalue weighted by molar-refractivity contribution is 0.414. The summed E-state index contributed by atoms with van der Waals surface area (Å²) in [5, 5.41) is 3.35. The Hall–Kier alpha value is -1.87. The van der Waals surface area contributed by atoms with Crippen LogP contribution in [0.25, 0.3) is 0 Å². The van der Waals surface area contributed by atoms with E-state index in [1.54, 1.807) is 13.2 Å². The molecule has 0 unspecified atom stereocenters. The highest BCUT2D eigenvalue weighted by atomic mass is 19.1. The first-order valence-corrected chi connectivity index (χ1v) is 6.77. The molecule has 2 rings (SSSR count). The van der Waals surface area contributed by atoms with Gasteiger partial charge in [0.25, 0.3) is 0 Å². The van der Waals surface area contributed by atoms with Crippen molar-refractivity contribution in [1.82, 2.24) is 5.32 Å². The van der Waals surface area contributed by atoms with Crippen molar-refractivity contribution in [2.24, 2.45) is 0 Å². The lowest BCUT2D eigenvalue weighted by Crippen LogP contribution is -2.17. The zero-order chi connectivity index (χ0) is 14.4. The van der Waals surface area contributed by atoms with Crippen LogP contribution in [0, 0.1) is 12.7 Å². The molecule has 0 saturated carbocycles. The van der Waals surface area contributed by atoms with Crippen LogP contribution in [0.5, 0.6) is 5.75 Å². The van der Waals surface area contributed by atoms with Gasteiger partial charge in [-0.1, -0.05) is 18.2 Å². The minimum Gasteiger partial charge on any atom is -0.497 e. The zero-order valence-corrected chi connectivity index (χ0v) is 11.9. The molecule has 106 valence electrons. The van der Waals surface area contributed by atoms with E-state index < -0.39 is 0 Å². The summed E-state index contributed by atoms with van der Waals surface area (Å²) in [5.41, 5.74) is 3.35. The number of nitrogens with one attached hydrogen (secondary N) is 1. The maximum atomic E-state index is 13.2. The quantitative estimate of drug-likeness (QED) is 0.814. The van der Waals surface area contributed by atoms with Gasteiger partial charge in [-0.15, -0.1) is 0 Å². The van der Waals surface area contributed by atoms with Gasteiger partial charge in [-0.05, 0) is 60.8 Å². The third kappa shape index (κ3) is 4.07. The second-order valence-electron chi connectivity index (χ2n) is 4.85. The summed E-state index contributed by atoms with van der Waals surface area (Å²) in [7, 11) is 1.67. The molecule has 3 heteroatoms. The molecule has 0 fully saturated rings. The van der Waals surface area contributed by atoms with Crippen LogP contribution < -0.4 is 10.1 Å². The number of benzene rings is 2. The van der Waals surface area contributed by atoms with Crippen LogP contribution in [0.4, 0.5) is 4.39 Å². The van der Waals surface area contributed by atoms with Gasteiger partial charge in [-0.3, -0.25) is 0 Å². The summed E-state index contributed by atoms with van der Waals surface area (Å²) >= 11 is 0. The first-order valence-electron chi connectivity index (χ1n) is 6.77. The highest BCUT2D eigenvalue weighted by molar-refractivity contribution is 5.29.